The van der Waals surface area contributed by atoms with Crippen LogP contribution in [-0.4, -0.2) is 31.6 Å². The fourth-order valence-corrected chi connectivity index (χ4v) is 3.53. The molecule has 1 aromatic carbocycles. The first-order chi connectivity index (χ1) is 8.86. The van der Waals surface area contributed by atoms with Gasteiger partial charge in [0, 0.05) is 17.7 Å². The molecule has 0 radical (unpaired) electrons. The molecule has 1 aliphatic rings. The standard InChI is InChI=1S/C13H18N2O2S2/c1-9(2)12-8-18-13(15-12)14-10-4-6-11(7-5-10)19(3,16)17/h4-7,9,12H,8H2,1-3H3,(H,14,15)/t12-/m1/s1. The van der Waals surface area contributed by atoms with Crippen LogP contribution in [0.1, 0.15) is 13.8 Å². The molecule has 19 heavy (non-hydrogen) atoms. The SMILES string of the molecule is CC(C)[C@H]1CSC(Nc2ccc(S(C)(=O)=O)cc2)=N1. The van der Waals surface area contributed by atoms with Crippen LogP contribution in [-0.2, 0) is 9.84 Å². The number of thioether (sulfide) groups is 1. The Hall–Kier alpha value is -1.01. The van der Waals surface area contributed by atoms with E-state index in [0.29, 0.717) is 16.9 Å². The van der Waals surface area contributed by atoms with E-state index in [1.54, 1.807) is 36.0 Å². The third-order valence-electron chi connectivity index (χ3n) is 2.98. The number of rotatable bonds is 3. The van der Waals surface area contributed by atoms with Gasteiger partial charge in [-0.15, -0.1) is 0 Å². The molecule has 0 unspecified atom stereocenters. The lowest BCUT2D eigenvalue weighted by Gasteiger charge is -2.08. The van der Waals surface area contributed by atoms with Gasteiger partial charge in [-0.2, -0.15) is 0 Å². The van der Waals surface area contributed by atoms with E-state index in [1.165, 1.54) is 6.26 Å². The van der Waals surface area contributed by atoms with E-state index < -0.39 is 9.84 Å². The summed E-state index contributed by atoms with van der Waals surface area (Å²) in [6.07, 6.45) is 1.21. The van der Waals surface area contributed by atoms with Crippen LogP contribution in [0.25, 0.3) is 0 Å². The maximum atomic E-state index is 11.4. The van der Waals surface area contributed by atoms with Crippen LogP contribution in [0.15, 0.2) is 34.2 Å². The van der Waals surface area contributed by atoms with Gasteiger partial charge in [0.15, 0.2) is 15.0 Å². The Morgan fingerprint density at radius 3 is 2.42 bits per heavy atom. The summed E-state index contributed by atoms with van der Waals surface area (Å²) in [6.45, 7) is 4.33. The summed E-state index contributed by atoms with van der Waals surface area (Å²) >= 11 is 1.70. The third-order valence-corrected chi connectivity index (χ3v) is 5.09. The Bertz CT molecular complexity index is 577. The molecule has 0 aliphatic carbocycles. The van der Waals surface area contributed by atoms with E-state index in [-0.39, 0.29) is 0 Å². The van der Waals surface area contributed by atoms with Gasteiger partial charge in [-0.1, -0.05) is 25.6 Å². The van der Waals surface area contributed by atoms with Crippen LogP contribution >= 0.6 is 11.8 Å². The summed E-state index contributed by atoms with van der Waals surface area (Å²) < 4.78 is 22.7. The van der Waals surface area contributed by atoms with Crippen LogP contribution in [0.2, 0.25) is 0 Å². The highest BCUT2D eigenvalue weighted by Gasteiger charge is 2.21. The molecule has 0 spiro atoms. The summed E-state index contributed by atoms with van der Waals surface area (Å²) in [7, 11) is -3.13. The first-order valence-electron chi connectivity index (χ1n) is 6.14. The highest BCUT2D eigenvalue weighted by atomic mass is 32.2. The fourth-order valence-electron chi connectivity index (χ4n) is 1.71. The molecule has 1 aliphatic heterocycles. The lowest BCUT2D eigenvalue weighted by atomic mass is 10.1. The molecule has 104 valence electrons. The van der Waals surface area contributed by atoms with E-state index in [1.807, 2.05) is 0 Å². The highest BCUT2D eigenvalue weighted by molar-refractivity contribution is 8.14. The van der Waals surface area contributed by atoms with E-state index >= 15 is 0 Å². The number of anilines is 1. The minimum atomic E-state index is -3.13. The molecule has 0 saturated carbocycles. The van der Waals surface area contributed by atoms with Gasteiger partial charge in [0.2, 0.25) is 0 Å². The molecule has 0 saturated heterocycles. The van der Waals surface area contributed by atoms with Crippen molar-refractivity contribution >= 4 is 32.5 Å². The average molecular weight is 298 g/mol. The van der Waals surface area contributed by atoms with E-state index in [2.05, 4.69) is 24.2 Å². The highest BCUT2D eigenvalue weighted by Crippen LogP contribution is 2.24. The average Bonchev–Trinajstić information content (AvgIpc) is 2.77. The number of hydrogen-bond acceptors (Lipinski definition) is 5. The maximum absolute atomic E-state index is 11.4. The summed E-state index contributed by atoms with van der Waals surface area (Å²) in [6, 6.07) is 7.11. The lowest BCUT2D eigenvalue weighted by molar-refractivity contribution is 0.543. The Kier molecular flexibility index (Phi) is 4.20. The second kappa shape index (κ2) is 5.54. The monoisotopic (exact) mass is 298 g/mol. The van der Waals surface area contributed by atoms with Crippen LogP contribution in [0, 0.1) is 5.92 Å². The quantitative estimate of drug-likeness (QED) is 0.932. The van der Waals surface area contributed by atoms with Crippen LogP contribution in [0.4, 0.5) is 5.69 Å². The van der Waals surface area contributed by atoms with Gasteiger partial charge in [-0.25, -0.2) is 8.42 Å². The summed E-state index contributed by atoms with van der Waals surface area (Å²) in [5.74, 6) is 1.54. The topological polar surface area (TPSA) is 58.5 Å². The molecule has 0 fully saturated rings. The molecular formula is C13H18N2O2S2. The van der Waals surface area contributed by atoms with Gasteiger partial charge in [-0.3, -0.25) is 4.99 Å². The minimum Gasteiger partial charge on any atom is -0.335 e. The van der Waals surface area contributed by atoms with Crippen molar-refractivity contribution in [3.8, 4) is 0 Å². The zero-order valence-electron chi connectivity index (χ0n) is 11.3. The smallest absolute Gasteiger partial charge is 0.175 e. The molecule has 1 aromatic rings. The molecular weight excluding hydrogens is 280 g/mol. The molecule has 4 nitrogen and oxygen atoms in total. The first kappa shape index (κ1) is 14.4. The second-order valence-corrected chi connectivity index (χ2v) is 8.00. The summed E-state index contributed by atoms with van der Waals surface area (Å²) in [5, 5.41) is 4.13. The molecule has 6 heteroatoms. The zero-order chi connectivity index (χ0) is 14.0. The Balaban J connectivity index is 2.07. The predicted molar refractivity (Wildman–Crippen MR) is 81.7 cm³/mol. The lowest BCUT2D eigenvalue weighted by Crippen LogP contribution is -2.12. The Morgan fingerprint density at radius 2 is 1.95 bits per heavy atom. The van der Waals surface area contributed by atoms with Crippen molar-refractivity contribution in [1.29, 1.82) is 0 Å². The maximum Gasteiger partial charge on any atom is 0.175 e. The number of hydrogen-bond donors (Lipinski definition) is 1. The second-order valence-electron chi connectivity index (χ2n) is 4.98. The zero-order valence-corrected chi connectivity index (χ0v) is 12.9. The van der Waals surface area contributed by atoms with Crippen LogP contribution in [0.3, 0.4) is 0 Å². The van der Waals surface area contributed by atoms with Crippen LogP contribution in [0.5, 0.6) is 0 Å². The van der Waals surface area contributed by atoms with Gasteiger partial charge < -0.3 is 5.32 Å². The predicted octanol–water partition coefficient (Wildman–Crippen LogP) is 2.63. The molecule has 0 bridgehead atoms. The summed E-state index contributed by atoms with van der Waals surface area (Å²) in [5.41, 5.74) is 0.864. The van der Waals surface area contributed by atoms with Gasteiger partial charge in [-0.05, 0) is 30.2 Å². The number of aliphatic imine (C=N–C) groups is 1. The normalized spacial score (nSPS) is 19.6. The van der Waals surface area contributed by atoms with Crippen molar-refractivity contribution in [3.05, 3.63) is 24.3 Å². The van der Waals surface area contributed by atoms with Crippen molar-refractivity contribution in [2.24, 2.45) is 10.9 Å². The molecule has 2 rings (SSSR count). The molecule has 0 amide bonds. The van der Waals surface area contributed by atoms with Crippen molar-refractivity contribution in [1.82, 2.24) is 0 Å². The summed E-state index contributed by atoms with van der Waals surface area (Å²) in [4.78, 5) is 4.94. The van der Waals surface area contributed by atoms with Crippen molar-refractivity contribution in [2.75, 3.05) is 17.3 Å². The van der Waals surface area contributed by atoms with Gasteiger partial charge in [0.05, 0.1) is 10.9 Å². The molecule has 1 atom stereocenters. The number of nitrogens with one attached hydrogen (secondary N) is 1. The number of amidine groups is 1. The minimum absolute atomic E-state index is 0.333. The van der Waals surface area contributed by atoms with E-state index in [4.69, 9.17) is 0 Å². The number of benzene rings is 1. The third kappa shape index (κ3) is 3.73. The van der Waals surface area contributed by atoms with E-state index in [0.717, 1.165) is 16.6 Å². The van der Waals surface area contributed by atoms with Gasteiger partial charge in [0.25, 0.3) is 0 Å². The van der Waals surface area contributed by atoms with Crippen molar-refractivity contribution in [2.45, 2.75) is 24.8 Å². The van der Waals surface area contributed by atoms with Gasteiger partial charge >= 0.3 is 0 Å². The largest absolute Gasteiger partial charge is 0.335 e. The first-order valence-corrected chi connectivity index (χ1v) is 9.01. The number of nitrogens with zero attached hydrogens (tertiary/aromatic N) is 1. The Labute approximate surface area is 118 Å². The Morgan fingerprint density at radius 1 is 1.32 bits per heavy atom. The van der Waals surface area contributed by atoms with Gasteiger partial charge in [0.1, 0.15) is 0 Å². The molecule has 0 aromatic heterocycles. The fraction of sp³-hybridized carbons (Fsp3) is 0.462. The van der Waals surface area contributed by atoms with Crippen molar-refractivity contribution in [3.63, 3.8) is 0 Å². The molecule has 1 heterocycles. The van der Waals surface area contributed by atoms with Crippen LogP contribution < -0.4 is 5.32 Å². The van der Waals surface area contributed by atoms with Crippen molar-refractivity contribution < 1.29 is 8.42 Å². The molecule has 1 N–H and O–H groups in total. The van der Waals surface area contributed by atoms with E-state index in [9.17, 15) is 8.42 Å². The number of sulfone groups is 1.